The van der Waals surface area contributed by atoms with Gasteiger partial charge in [0.15, 0.2) is 0 Å². The summed E-state index contributed by atoms with van der Waals surface area (Å²) >= 11 is 0. The van der Waals surface area contributed by atoms with E-state index in [2.05, 4.69) is 20.7 Å². The highest BCUT2D eigenvalue weighted by Crippen LogP contribution is 2.09. The van der Waals surface area contributed by atoms with Crippen LogP contribution in [0, 0.1) is 0 Å². The highest BCUT2D eigenvalue weighted by molar-refractivity contribution is 5.94. The Labute approximate surface area is 144 Å². The minimum absolute atomic E-state index is 0.136. The van der Waals surface area contributed by atoms with Crippen LogP contribution < -0.4 is 10.6 Å². The fourth-order valence-corrected chi connectivity index (χ4v) is 2.31. The number of hydrogen-bond donors (Lipinski definition) is 2. The number of nitrogens with one attached hydrogen (secondary N) is 2. The maximum absolute atomic E-state index is 12.2. The molecule has 2 aromatic carbocycles. The molecule has 3 aromatic rings. The maximum Gasteiger partial charge on any atom is 0.251 e. The van der Waals surface area contributed by atoms with E-state index in [9.17, 15) is 9.59 Å². The lowest BCUT2D eigenvalue weighted by Gasteiger charge is -2.07. The highest BCUT2D eigenvalue weighted by atomic mass is 16.2. The molecule has 0 saturated carbocycles. The van der Waals surface area contributed by atoms with Gasteiger partial charge in [-0.1, -0.05) is 12.1 Å². The van der Waals surface area contributed by atoms with Gasteiger partial charge in [-0.25, -0.2) is 9.67 Å². The van der Waals surface area contributed by atoms with Gasteiger partial charge in [0.25, 0.3) is 11.8 Å². The zero-order chi connectivity index (χ0) is 17.6. The monoisotopic (exact) mass is 335 g/mol. The molecule has 1 heterocycles. The fraction of sp³-hybridized carbons (Fsp3) is 0.111. The molecular formula is C18H17N5O2. The standard InChI is InChI=1S/C18H17N5O2/c1-19-17(24)14-4-2-13(3-5-14)10-21-18(25)15-6-8-16(9-7-15)23-12-20-11-22-23/h2-9,11-12H,10H2,1H3,(H,19,24)(H,21,25). The number of rotatable bonds is 5. The van der Waals surface area contributed by atoms with Crippen LogP contribution >= 0.6 is 0 Å². The first-order chi connectivity index (χ1) is 12.2. The molecular weight excluding hydrogens is 318 g/mol. The Morgan fingerprint density at radius 2 is 1.60 bits per heavy atom. The molecule has 0 saturated heterocycles. The lowest BCUT2D eigenvalue weighted by Crippen LogP contribution is -2.23. The van der Waals surface area contributed by atoms with Crippen LogP contribution in [0.1, 0.15) is 26.3 Å². The molecule has 0 spiro atoms. The van der Waals surface area contributed by atoms with Crippen molar-refractivity contribution in [2.24, 2.45) is 0 Å². The molecule has 0 atom stereocenters. The van der Waals surface area contributed by atoms with Crippen LogP contribution in [-0.4, -0.2) is 33.6 Å². The van der Waals surface area contributed by atoms with E-state index in [-0.39, 0.29) is 11.8 Å². The van der Waals surface area contributed by atoms with Gasteiger partial charge in [0.05, 0.1) is 5.69 Å². The maximum atomic E-state index is 12.2. The number of nitrogens with zero attached hydrogens (tertiary/aromatic N) is 3. The zero-order valence-electron chi connectivity index (χ0n) is 13.6. The van der Waals surface area contributed by atoms with E-state index >= 15 is 0 Å². The van der Waals surface area contributed by atoms with E-state index in [4.69, 9.17) is 0 Å². The first-order valence-corrected chi connectivity index (χ1v) is 7.71. The summed E-state index contributed by atoms with van der Waals surface area (Å²) in [5, 5.41) is 9.47. The Hall–Kier alpha value is -3.48. The molecule has 0 aliphatic rings. The van der Waals surface area contributed by atoms with Crippen molar-refractivity contribution < 1.29 is 9.59 Å². The third-order valence-corrected chi connectivity index (χ3v) is 3.71. The molecule has 2 N–H and O–H groups in total. The van der Waals surface area contributed by atoms with Crippen molar-refractivity contribution in [3.8, 4) is 5.69 Å². The van der Waals surface area contributed by atoms with Crippen LogP contribution in [0.15, 0.2) is 61.2 Å². The summed E-state index contributed by atoms with van der Waals surface area (Å²) in [6.07, 6.45) is 3.05. The lowest BCUT2D eigenvalue weighted by molar-refractivity contribution is 0.0946. The Morgan fingerprint density at radius 3 is 2.20 bits per heavy atom. The van der Waals surface area contributed by atoms with Gasteiger partial charge in [-0.2, -0.15) is 5.10 Å². The summed E-state index contributed by atoms with van der Waals surface area (Å²) in [5.41, 5.74) is 2.89. The van der Waals surface area contributed by atoms with Gasteiger partial charge in [-0.3, -0.25) is 9.59 Å². The van der Waals surface area contributed by atoms with Crippen molar-refractivity contribution in [1.82, 2.24) is 25.4 Å². The molecule has 0 radical (unpaired) electrons. The van der Waals surface area contributed by atoms with E-state index in [1.54, 1.807) is 42.3 Å². The predicted molar refractivity (Wildman–Crippen MR) is 92.4 cm³/mol. The Kier molecular flexibility index (Phi) is 4.84. The van der Waals surface area contributed by atoms with Crippen molar-refractivity contribution in [1.29, 1.82) is 0 Å². The molecule has 0 aliphatic carbocycles. The Balaban J connectivity index is 1.60. The van der Waals surface area contributed by atoms with E-state index < -0.39 is 0 Å². The Morgan fingerprint density at radius 1 is 0.960 bits per heavy atom. The average Bonchev–Trinajstić information content (AvgIpc) is 3.21. The third-order valence-electron chi connectivity index (χ3n) is 3.71. The van der Waals surface area contributed by atoms with Gasteiger partial charge in [0.2, 0.25) is 0 Å². The van der Waals surface area contributed by atoms with Crippen LogP contribution in [0.3, 0.4) is 0 Å². The summed E-state index contributed by atoms with van der Waals surface area (Å²) < 4.78 is 1.62. The third kappa shape index (κ3) is 3.89. The second kappa shape index (κ2) is 7.39. The summed E-state index contributed by atoms with van der Waals surface area (Å²) in [6.45, 7) is 0.387. The van der Waals surface area contributed by atoms with Crippen molar-refractivity contribution >= 4 is 11.8 Å². The largest absolute Gasteiger partial charge is 0.355 e. The van der Waals surface area contributed by atoms with Gasteiger partial charge >= 0.3 is 0 Å². The summed E-state index contributed by atoms with van der Waals surface area (Å²) in [6, 6.07) is 14.2. The van der Waals surface area contributed by atoms with E-state index in [0.29, 0.717) is 17.7 Å². The molecule has 3 rings (SSSR count). The number of aromatic nitrogens is 3. The van der Waals surface area contributed by atoms with E-state index in [1.165, 1.54) is 6.33 Å². The minimum Gasteiger partial charge on any atom is -0.355 e. The lowest BCUT2D eigenvalue weighted by atomic mass is 10.1. The van der Waals surface area contributed by atoms with Gasteiger partial charge in [0.1, 0.15) is 12.7 Å². The normalized spacial score (nSPS) is 10.3. The van der Waals surface area contributed by atoms with E-state index in [1.807, 2.05) is 24.3 Å². The summed E-state index contributed by atoms with van der Waals surface area (Å²) in [7, 11) is 1.59. The smallest absolute Gasteiger partial charge is 0.251 e. The molecule has 0 fully saturated rings. The molecule has 2 amide bonds. The molecule has 25 heavy (non-hydrogen) atoms. The van der Waals surface area contributed by atoms with Crippen LogP contribution in [0.5, 0.6) is 0 Å². The number of hydrogen-bond acceptors (Lipinski definition) is 4. The first kappa shape index (κ1) is 16.4. The van der Waals surface area contributed by atoms with Crippen molar-refractivity contribution in [3.05, 3.63) is 77.9 Å². The van der Waals surface area contributed by atoms with Crippen LogP contribution in [-0.2, 0) is 6.54 Å². The molecule has 126 valence electrons. The average molecular weight is 335 g/mol. The first-order valence-electron chi connectivity index (χ1n) is 7.71. The van der Waals surface area contributed by atoms with Crippen molar-refractivity contribution in [2.75, 3.05) is 7.05 Å². The second-order valence-corrected chi connectivity index (χ2v) is 5.35. The van der Waals surface area contributed by atoms with Crippen molar-refractivity contribution in [3.63, 3.8) is 0 Å². The molecule has 7 nitrogen and oxygen atoms in total. The van der Waals surface area contributed by atoms with Gasteiger partial charge < -0.3 is 10.6 Å². The van der Waals surface area contributed by atoms with Crippen molar-refractivity contribution in [2.45, 2.75) is 6.54 Å². The molecule has 7 heteroatoms. The minimum atomic E-state index is -0.166. The zero-order valence-corrected chi connectivity index (χ0v) is 13.6. The molecule has 0 unspecified atom stereocenters. The van der Waals surface area contributed by atoms with Crippen LogP contribution in [0.25, 0.3) is 5.69 Å². The highest BCUT2D eigenvalue weighted by Gasteiger charge is 2.07. The van der Waals surface area contributed by atoms with Gasteiger partial charge in [0, 0.05) is 24.7 Å². The molecule has 0 aliphatic heterocycles. The fourth-order valence-electron chi connectivity index (χ4n) is 2.31. The molecule has 0 bridgehead atoms. The Bertz CT molecular complexity index is 855. The van der Waals surface area contributed by atoms with Crippen LogP contribution in [0.4, 0.5) is 0 Å². The SMILES string of the molecule is CNC(=O)c1ccc(CNC(=O)c2ccc(-n3cncn3)cc2)cc1. The number of carbonyl (C=O) groups excluding carboxylic acids is 2. The van der Waals surface area contributed by atoms with Crippen LogP contribution in [0.2, 0.25) is 0 Å². The van der Waals surface area contributed by atoms with E-state index in [0.717, 1.165) is 11.3 Å². The van der Waals surface area contributed by atoms with Gasteiger partial charge in [-0.15, -0.1) is 0 Å². The predicted octanol–water partition coefficient (Wildman–Crippen LogP) is 1.56. The summed E-state index contributed by atoms with van der Waals surface area (Å²) in [5.74, 6) is -0.302. The second-order valence-electron chi connectivity index (χ2n) is 5.35. The number of carbonyl (C=O) groups is 2. The quantitative estimate of drug-likeness (QED) is 0.740. The van der Waals surface area contributed by atoms with Gasteiger partial charge in [-0.05, 0) is 42.0 Å². The topological polar surface area (TPSA) is 88.9 Å². The number of benzene rings is 2. The number of amides is 2. The molecule has 1 aromatic heterocycles. The summed E-state index contributed by atoms with van der Waals surface area (Å²) in [4.78, 5) is 27.6.